The van der Waals surface area contributed by atoms with Crippen molar-refractivity contribution >= 4 is 17.5 Å². The Morgan fingerprint density at radius 2 is 1.55 bits per heavy atom. The maximum atomic E-state index is 12.8. The van der Waals surface area contributed by atoms with Crippen LogP contribution in [0, 0.1) is 6.92 Å². The van der Waals surface area contributed by atoms with Crippen molar-refractivity contribution in [1.82, 2.24) is 0 Å². The molecular weight excluding hydrogens is 406 g/mol. The van der Waals surface area contributed by atoms with Crippen LogP contribution in [0.1, 0.15) is 27.0 Å². The monoisotopic (exact) mass is 420 g/mol. The fourth-order valence-electron chi connectivity index (χ4n) is 2.44. The summed E-state index contributed by atoms with van der Waals surface area (Å²) in [6, 6.07) is 5.08. The second-order valence-electron chi connectivity index (χ2n) is 5.94. The Labute approximate surface area is 160 Å². The van der Waals surface area contributed by atoms with E-state index in [0.717, 1.165) is 0 Å². The zero-order valence-corrected chi connectivity index (χ0v) is 14.7. The largest absolute Gasteiger partial charge is 0.484 e. The Kier molecular flexibility index (Phi) is 6.10. The number of nitrogens with one attached hydrogen (secondary N) is 1. The van der Waals surface area contributed by atoms with Crippen LogP contribution >= 0.6 is 0 Å². The molecule has 0 saturated heterocycles. The molecule has 0 radical (unpaired) electrons. The van der Waals surface area contributed by atoms with E-state index < -0.39 is 47.7 Å². The van der Waals surface area contributed by atoms with Crippen LogP contribution in [0.5, 0.6) is 5.75 Å². The Balaban J connectivity index is 2.21. The number of benzene rings is 2. The number of aryl methyl sites for hydroxylation is 1. The summed E-state index contributed by atoms with van der Waals surface area (Å²) in [4.78, 5) is 23.5. The summed E-state index contributed by atoms with van der Waals surface area (Å²) in [6.45, 7) is 0.665. The third-order valence-corrected chi connectivity index (χ3v) is 3.72. The molecule has 29 heavy (non-hydrogen) atoms. The van der Waals surface area contributed by atoms with Crippen LogP contribution in [-0.4, -0.2) is 18.4 Å². The number of anilines is 1. The van der Waals surface area contributed by atoms with Crippen LogP contribution < -0.4 is 15.8 Å². The molecular formula is C18H14F6N2O3. The molecule has 3 N–H and O–H groups in total. The minimum atomic E-state index is -5.04. The zero-order valence-electron chi connectivity index (χ0n) is 14.7. The Bertz CT molecular complexity index is 906. The SMILES string of the molecule is Cc1cccc(NC(=O)COc2cc(C(F)(F)F)cc(C(F)(F)F)c2)c1C(N)=O. The molecule has 0 aromatic heterocycles. The second kappa shape index (κ2) is 8.02. The molecule has 0 spiro atoms. The van der Waals surface area contributed by atoms with Gasteiger partial charge in [0.25, 0.3) is 11.8 Å². The van der Waals surface area contributed by atoms with Crippen molar-refractivity contribution in [3.05, 3.63) is 58.7 Å². The Hall–Kier alpha value is -3.24. The van der Waals surface area contributed by atoms with Crippen molar-refractivity contribution < 1.29 is 40.7 Å². The number of hydrogen-bond donors (Lipinski definition) is 2. The lowest BCUT2D eigenvalue weighted by Gasteiger charge is -2.15. The van der Waals surface area contributed by atoms with Gasteiger partial charge in [-0.15, -0.1) is 0 Å². The lowest BCUT2D eigenvalue weighted by atomic mass is 10.1. The normalized spacial score (nSPS) is 11.8. The molecule has 0 bridgehead atoms. The van der Waals surface area contributed by atoms with Gasteiger partial charge in [-0.2, -0.15) is 26.3 Å². The van der Waals surface area contributed by atoms with Gasteiger partial charge in [-0.05, 0) is 36.8 Å². The van der Waals surface area contributed by atoms with E-state index in [9.17, 15) is 35.9 Å². The molecule has 0 atom stereocenters. The number of carbonyl (C=O) groups is 2. The van der Waals surface area contributed by atoms with Gasteiger partial charge in [-0.3, -0.25) is 9.59 Å². The average molecular weight is 420 g/mol. The number of carbonyl (C=O) groups excluding carboxylic acids is 2. The third kappa shape index (κ3) is 5.62. The van der Waals surface area contributed by atoms with Gasteiger partial charge in [-0.1, -0.05) is 12.1 Å². The first-order valence-corrected chi connectivity index (χ1v) is 7.90. The van der Waals surface area contributed by atoms with E-state index in [1.54, 1.807) is 13.0 Å². The molecule has 0 heterocycles. The predicted molar refractivity (Wildman–Crippen MR) is 90.3 cm³/mol. The van der Waals surface area contributed by atoms with Gasteiger partial charge in [0.2, 0.25) is 0 Å². The van der Waals surface area contributed by atoms with Crippen LogP contribution in [0.25, 0.3) is 0 Å². The topological polar surface area (TPSA) is 81.4 Å². The summed E-state index contributed by atoms with van der Waals surface area (Å²) in [5.74, 6) is -2.53. The molecule has 0 aliphatic heterocycles. The smallest absolute Gasteiger partial charge is 0.416 e. The van der Waals surface area contributed by atoms with Gasteiger partial charge in [0.05, 0.1) is 22.4 Å². The Morgan fingerprint density at radius 1 is 1.00 bits per heavy atom. The summed E-state index contributed by atoms with van der Waals surface area (Å²) in [5, 5.41) is 2.28. The molecule has 0 fully saturated rings. The molecule has 2 aromatic carbocycles. The quantitative estimate of drug-likeness (QED) is 0.714. The Morgan fingerprint density at radius 3 is 2.03 bits per heavy atom. The number of alkyl halides is 6. The minimum Gasteiger partial charge on any atom is -0.484 e. The highest BCUT2D eigenvalue weighted by atomic mass is 19.4. The second-order valence-corrected chi connectivity index (χ2v) is 5.94. The van der Waals surface area contributed by atoms with Crippen molar-refractivity contribution in [3.63, 3.8) is 0 Å². The maximum absolute atomic E-state index is 12.8. The molecule has 0 saturated carbocycles. The van der Waals surface area contributed by atoms with E-state index in [0.29, 0.717) is 17.7 Å². The maximum Gasteiger partial charge on any atom is 0.416 e. The third-order valence-electron chi connectivity index (χ3n) is 3.72. The highest BCUT2D eigenvalue weighted by molar-refractivity contribution is 6.04. The van der Waals surface area contributed by atoms with Crippen LogP contribution in [0.4, 0.5) is 32.0 Å². The molecule has 2 aromatic rings. The average Bonchev–Trinajstić information content (AvgIpc) is 2.58. The lowest BCUT2D eigenvalue weighted by molar-refractivity contribution is -0.143. The highest BCUT2D eigenvalue weighted by Crippen LogP contribution is 2.38. The molecule has 2 rings (SSSR count). The summed E-state index contributed by atoms with van der Waals surface area (Å²) in [5.41, 5.74) is 2.60. The number of primary amides is 1. The molecule has 11 heteroatoms. The number of nitrogens with two attached hydrogens (primary N) is 1. The first-order chi connectivity index (χ1) is 13.3. The summed E-state index contributed by atoms with van der Waals surface area (Å²) < 4.78 is 81.8. The van der Waals surface area contributed by atoms with Crippen molar-refractivity contribution in [2.45, 2.75) is 19.3 Å². The molecule has 0 aliphatic rings. The number of halogens is 6. The molecule has 156 valence electrons. The van der Waals surface area contributed by atoms with E-state index in [2.05, 4.69) is 5.32 Å². The summed E-state index contributed by atoms with van der Waals surface area (Å²) in [6.07, 6.45) is -10.1. The molecule has 0 unspecified atom stereocenters. The molecule has 5 nitrogen and oxygen atoms in total. The fourth-order valence-corrected chi connectivity index (χ4v) is 2.44. The molecule has 0 aliphatic carbocycles. The van der Waals surface area contributed by atoms with E-state index in [1.165, 1.54) is 12.1 Å². The van der Waals surface area contributed by atoms with Crippen LogP contribution in [0.2, 0.25) is 0 Å². The zero-order chi connectivity index (χ0) is 22.0. The van der Waals surface area contributed by atoms with Crippen molar-refractivity contribution in [3.8, 4) is 5.75 Å². The fraction of sp³-hybridized carbons (Fsp3) is 0.222. The van der Waals surface area contributed by atoms with Crippen molar-refractivity contribution in [2.75, 3.05) is 11.9 Å². The number of ether oxygens (including phenoxy) is 1. The predicted octanol–water partition coefficient (Wildman–Crippen LogP) is 4.15. The van der Waals surface area contributed by atoms with E-state index in [4.69, 9.17) is 10.5 Å². The summed E-state index contributed by atoms with van der Waals surface area (Å²) in [7, 11) is 0. The first kappa shape index (κ1) is 22.1. The first-order valence-electron chi connectivity index (χ1n) is 7.90. The van der Waals surface area contributed by atoms with Gasteiger partial charge < -0.3 is 15.8 Å². The van der Waals surface area contributed by atoms with Crippen LogP contribution in [-0.2, 0) is 17.1 Å². The molecule has 2 amide bonds. The summed E-state index contributed by atoms with van der Waals surface area (Å²) >= 11 is 0. The lowest BCUT2D eigenvalue weighted by Crippen LogP contribution is -2.23. The van der Waals surface area contributed by atoms with Crippen LogP contribution in [0.3, 0.4) is 0 Å². The number of rotatable bonds is 5. The van der Waals surface area contributed by atoms with Crippen LogP contribution in [0.15, 0.2) is 36.4 Å². The minimum absolute atomic E-state index is 0.0132. The number of hydrogen-bond acceptors (Lipinski definition) is 3. The standard InChI is InChI=1S/C18H14F6N2O3/c1-9-3-2-4-13(15(9)16(25)28)26-14(27)8-29-12-6-10(17(19,20)21)5-11(7-12)18(22,23)24/h2-7H,8H2,1H3,(H2,25,28)(H,26,27). The van der Waals surface area contributed by atoms with E-state index >= 15 is 0 Å². The van der Waals surface area contributed by atoms with Gasteiger partial charge in [0.1, 0.15) is 5.75 Å². The highest BCUT2D eigenvalue weighted by Gasteiger charge is 2.37. The van der Waals surface area contributed by atoms with Gasteiger partial charge in [-0.25, -0.2) is 0 Å². The van der Waals surface area contributed by atoms with Gasteiger partial charge >= 0.3 is 12.4 Å². The van der Waals surface area contributed by atoms with Gasteiger partial charge in [0, 0.05) is 0 Å². The van der Waals surface area contributed by atoms with Crippen molar-refractivity contribution in [2.24, 2.45) is 5.73 Å². The van der Waals surface area contributed by atoms with Crippen molar-refractivity contribution in [1.29, 1.82) is 0 Å². The van der Waals surface area contributed by atoms with Gasteiger partial charge in [0.15, 0.2) is 6.61 Å². The van der Waals surface area contributed by atoms with E-state index in [-0.39, 0.29) is 17.3 Å². The number of amides is 2. The van der Waals surface area contributed by atoms with E-state index in [1.807, 2.05) is 0 Å².